The Kier molecular flexibility index (Phi) is 5.14. The zero-order valence-corrected chi connectivity index (χ0v) is 12.8. The van der Waals surface area contributed by atoms with Crippen molar-refractivity contribution in [2.45, 2.75) is 82.4 Å². The Labute approximate surface area is 126 Å². The van der Waals surface area contributed by atoms with Crippen molar-refractivity contribution in [3.8, 4) is 0 Å². The fourth-order valence-corrected chi connectivity index (χ4v) is 3.72. The highest BCUT2D eigenvalue weighted by atomic mass is 16.6. The number of carbonyl (C=O) groups excluding carboxylic acids is 1. The molecule has 3 fully saturated rings. The molecule has 0 aromatic heterocycles. The van der Waals surface area contributed by atoms with Gasteiger partial charge in [-0.15, -0.1) is 0 Å². The van der Waals surface area contributed by atoms with Crippen LogP contribution < -0.4 is 0 Å². The van der Waals surface area contributed by atoms with E-state index >= 15 is 0 Å². The Morgan fingerprint density at radius 1 is 0.905 bits per heavy atom. The third-order valence-corrected chi connectivity index (χ3v) is 4.71. The topological polar surface area (TPSA) is 54.0 Å². The Morgan fingerprint density at radius 3 is 2.29 bits per heavy atom. The van der Waals surface area contributed by atoms with E-state index in [0.29, 0.717) is 0 Å². The van der Waals surface area contributed by atoms with Crippen LogP contribution in [0.15, 0.2) is 0 Å². The number of ether oxygens (including phenoxy) is 4. The smallest absolute Gasteiger partial charge is 0.302 e. The van der Waals surface area contributed by atoms with Crippen LogP contribution >= 0.6 is 0 Å². The molecule has 0 amide bonds. The summed E-state index contributed by atoms with van der Waals surface area (Å²) < 4.78 is 23.6. The van der Waals surface area contributed by atoms with Crippen LogP contribution in [0.4, 0.5) is 0 Å². The first-order valence-electron chi connectivity index (χ1n) is 8.28. The number of esters is 1. The van der Waals surface area contributed by atoms with Crippen LogP contribution in [0.2, 0.25) is 0 Å². The van der Waals surface area contributed by atoms with Crippen molar-refractivity contribution in [2.24, 2.45) is 0 Å². The number of hydrogen-bond acceptors (Lipinski definition) is 5. The molecule has 0 aromatic rings. The van der Waals surface area contributed by atoms with Crippen molar-refractivity contribution in [1.82, 2.24) is 0 Å². The van der Waals surface area contributed by atoms with Gasteiger partial charge in [-0.1, -0.05) is 0 Å². The van der Waals surface area contributed by atoms with E-state index < -0.39 is 0 Å². The number of hydrogen-bond donors (Lipinski definition) is 0. The summed E-state index contributed by atoms with van der Waals surface area (Å²) in [7, 11) is 0. The molecule has 0 N–H and O–H groups in total. The van der Waals surface area contributed by atoms with E-state index in [2.05, 4.69) is 0 Å². The first-order valence-corrected chi connectivity index (χ1v) is 8.28. The molecule has 0 spiro atoms. The number of rotatable bonds is 1. The van der Waals surface area contributed by atoms with Crippen molar-refractivity contribution in [2.75, 3.05) is 13.2 Å². The third-order valence-electron chi connectivity index (χ3n) is 4.71. The van der Waals surface area contributed by atoms with E-state index in [0.717, 1.165) is 58.2 Å². The molecule has 3 aliphatic heterocycles. The fraction of sp³-hybridized carbons (Fsp3) is 0.938. The highest BCUT2D eigenvalue weighted by Crippen LogP contribution is 2.32. The Bertz CT molecular complexity index is 359. The predicted octanol–water partition coefficient (Wildman–Crippen LogP) is 2.21. The van der Waals surface area contributed by atoms with Gasteiger partial charge in [-0.2, -0.15) is 0 Å². The average Bonchev–Trinajstić information content (AvgIpc) is 2.54. The summed E-state index contributed by atoms with van der Waals surface area (Å²) in [5, 5.41) is 0. The molecule has 3 aliphatic rings. The van der Waals surface area contributed by atoms with Gasteiger partial charge in [0, 0.05) is 26.6 Å². The zero-order valence-electron chi connectivity index (χ0n) is 12.8. The summed E-state index contributed by atoms with van der Waals surface area (Å²) in [6.07, 6.45) is 7.04. The van der Waals surface area contributed by atoms with Gasteiger partial charge in [-0.3, -0.25) is 4.79 Å². The minimum atomic E-state index is -0.214. The van der Waals surface area contributed by atoms with E-state index in [1.54, 1.807) is 0 Å². The molecule has 0 aliphatic carbocycles. The molecule has 3 rings (SSSR count). The summed E-state index contributed by atoms with van der Waals surface area (Å²) in [5.41, 5.74) is 0. The van der Waals surface area contributed by atoms with Crippen LogP contribution in [0.3, 0.4) is 0 Å². The largest absolute Gasteiger partial charge is 0.462 e. The fourth-order valence-electron chi connectivity index (χ4n) is 3.72. The maximum absolute atomic E-state index is 11.3. The van der Waals surface area contributed by atoms with Crippen molar-refractivity contribution >= 4 is 5.97 Å². The minimum absolute atomic E-state index is 0.0452. The maximum Gasteiger partial charge on any atom is 0.302 e. The van der Waals surface area contributed by atoms with Crippen LogP contribution in [0.1, 0.15) is 51.9 Å². The molecule has 120 valence electrons. The molecule has 5 atom stereocenters. The monoisotopic (exact) mass is 298 g/mol. The van der Waals surface area contributed by atoms with Crippen molar-refractivity contribution in [3.63, 3.8) is 0 Å². The van der Waals surface area contributed by atoms with Gasteiger partial charge in [-0.25, -0.2) is 0 Å². The van der Waals surface area contributed by atoms with Crippen LogP contribution in [0, 0.1) is 0 Å². The maximum atomic E-state index is 11.3. The van der Waals surface area contributed by atoms with Crippen molar-refractivity contribution in [1.29, 1.82) is 0 Å². The van der Waals surface area contributed by atoms with Gasteiger partial charge in [0.2, 0.25) is 0 Å². The molecule has 3 heterocycles. The lowest BCUT2D eigenvalue weighted by Gasteiger charge is -2.37. The van der Waals surface area contributed by atoms with E-state index in [-0.39, 0.29) is 36.5 Å². The van der Waals surface area contributed by atoms with Gasteiger partial charge in [-0.05, 0) is 38.5 Å². The van der Waals surface area contributed by atoms with Gasteiger partial charge in [0.05, 0.1) is 24.4 Å². The van der Waals surface area contributed by atoms with Crippen molar-refractivity contribution < 1.29 is 23.7 Å². The molecule has 3 saturated heterocycles. The lowest BCUT2D eigenvalue weighted by molar-refractivity contribution is -0.177. The Hall–Kier alpha value is -0.650. The second-order valence-corrected chi connectivity index (χ2v) is 6.36. The Morgan fingerprint density at radius 2 is 1.57 bits per heavy atom. The van der Waals surface area contributed by atoms with E-state index in [1.807, 2.05) is 0 Å². The quantitative estimate of drug-likeness (QED) is 0.695. The number of carbonyl (C=O) groups is 1. The molecule has 5 heteroatoms. The minimum Gasteiger partial charge on any atom is -0.462 e. The SMILES string of the molecule is CC(=O)O[C@H]1CC[C@H]2OCCC[C@@H]2O[C@@H]2CCCO[C@H]2C1. The lowest BCUT2D eigenvalue weighted by Crippen LogP contribution is -2.44. The first kappa shape index (κ1) is 15.3. The lowest BCUT2D eigenvalue weighted by atomic mass is 9.97. The molecule has 0 unspecified atom stereocenters. The standard InChI is InChI=1S/C16H26O5/c1-11(17)20-12-6-7-13-14(4-2-8-18-13)21-15-5-3-9-19-16(15)10-12/h12-16H,2-10H2,1H3/t12-,13+,14-,15+,16-/m0/s1. The predicted molar refractivity (Wildman–Crippen MR) is 76.0 cm³/mol. The van der Waals surface area contributed by atoms with Gasteiger partial charge in [0.25, 0.3) is 0 Å². The summed E-state index contributed by atoms with van der Waals surface area (Å²) in [6, 6.07) is 0. The van der Waals surface area contributed by atoms with Crippen molar-refractivity contribution in [3.05, 3.63) is 0 Å². The molecule has 21 heavy (non-hydrogen) atoms. The first-order chi connectivity index (χ1) is 10.2. The van der Waals surface area contributed by atoms with Crippen LogP contribution in [-0.2, 0) is 23.7 Å². The van der Waals surface area contributed by atoms with Gasteiger partial charge >= 0.3 is 5.97 Å². The van der Waals surface area contributed by atoms with Crippen LogP contribution in [-0.4, -0.2) is 49.7 Å². The van der Waals surface area contributed by atoms with Gasteiger partial charge in [0.1, 0.15) is 6.10 Å². The highest BCUT2D eigenvalue weighted by molar-refractivity contribution is 5.66. The Balaban J connectivity index is 1.73. The van der Waals surface area contributed by atoms with Gasteiger partial charge in [0.15, 0.2) is 0 Å². The summed E-state index contributed by atoms with van der Waals surface area (Å²) in [4.78, 5) is 11.3. The molecule has 0 saturated carbocycles. The second kappa shape index (κ2) is 7.07. The summed E-state index contributed by atoms with van der Waals surface area (Å²) in [6.45, 7) is 3.07. The highest BCUT2D eigenvalue weighted by Gasteiger charge is 2.38. The van der Waals surface area contributed by atoms with Crippen LogP contribution in [0.25, 0.3) is 0 Å². The molecular weight excluding hydrogens is 272 g/mol. The molecule has 5 nitrogen and oxygen atoms in total. The van der Waals surface area contributed by atoms with E-state index in [4.69, 9.17) is 18.9 Å². The molecule has 0 aromatic carbocycles. The van der Waals surface area contributed by atoms with E-state index in [1.165, 1.54) is 6.92 Å². The average molecular weight is 298 g/mol. The van der Waals surface area contributed by atoms with Crippen LogP contribution in [0.5, 0.6) is 0 Å². The summed E-state index contributed by atoms with van der Waals surface area (Å²) in [5.74, 6) is -0.214. The number of fused-ring (bicyclic) bond motifs is 2. The van der Waals surface area contributed by atoms with Gasteiger partial charge < -0.3 is 18.9 Å². The normalized spacial score (nSPS) is 40.9. The molecule has 0 radical (unpaired) electrons. The molecule has 0 bridgehead atoms. The third kappa shape index (κ3) is 3.96. The molecular formula is C16H26O5. The summed E-state index contributed by atoms with van der Waals surface area (Å²) >= 11 is 0. The zero-order chi connectivity index (χ0) is 14.7. The second-order valence-electron chi connectivity index (χ2n) is 6.36. The van der Waals surface area contributed by atoms with E-state index in [9.17, 15) is 4.79 Å².